The van der Waals surface area contributed by atoms with E-state index in [1.165, 1.54) is 0 Å². The van der Waals surface area contributed by atoms with Gasteiger partial charge in [-0.05, 0) is 12.3 Å². The summed E-state index contributed by atoms with van der Waals surface area (Å²) in [6, 6.07) is 0. The van der Waals surface area contributed by atoms with E-state index in [9.17, 15) is 4.79 Å². The molecule has 1 rings (SSSR count). The van der Waals surface area contributed by atoms with Crippen molar-refractivity contribution in [3.63, 3.8) is 0 Å². The first-order valence-corrected chi connectivity index (χ1v) is 4.74. The number of carbonyl (C=O) groups is 1. The molecule has 0 aromatic rings. The topological polar surface area (TPSA) is 26.3 Å². The molecule has 70 valence electrons. The van der Waals surface area contributed by atoms with Gasteiger partial charge in [-0.2, -0.15) is 0 Å². The fourth-order valence-corrected chi connectivity index (χ4v) is 1.46. The molecule has 2 atom stereocenters. The number of ketones is 1. The molecule has 1 heterocycles. The second kappa shape index (κ2) is 4.04. The van der Waals surface area contributed by atoms with E-state index in [-0.39, 0.29) is 11.8 Å². The highest BCUT2D eigenvalue weighted by atomic mass is 16.5. The molecule has 12 heavy (non-hydrogen) atoms. The zero-order valence-corrected chi connectivity index (χ0v) is 8.17. The molecule has 0 spiro atoms. The van der Waals surface area contributed by atoms with Gasteiger partial charge in [-0.1, -0.05) is 20.8 Å². The smallest absolute Gasteiger partial charge is 0.141 e. The molecule has 0 saturated carbocycles. The van der Waals surface area contributed by atoms with Gasteiger partial charge in [0.1, 0.15) is 5.78 Å². The van der Waals surface area contributed by atoms with E-state index in [0.29, 0.717) is 18.3 Å². The largest absolute Gasteiger partial charge is 0.381 e. The molecule has 1 aliphatic heterocycles. The molecule has 2 nitrogen and oxygen atoms in total. The van der Waals surface area contributed by atoms with Crippen LogP contribution in [0.4, 0.5) is 0 Å². The molecule has 0 aromatic heterocycles. The van der Waals surface area contributed by atoms with Crippen molar-refractivity contribution in [2.45, 2.75) is 27.2 Å². The van der Waals surface area contributed by atoms with Crippen LogP contribution in [0.25, 0.3) is 0 Å². The third-order valence-electron chi connectivity index (χ3n) is 2.78. The number of rotatable bonds is 3. The Bertz CT molecular complexity index is 153. The molecule has 0 bridgehead atoms. The predicted octanol–water partition coefficient (Wildman–Crippen LogP) is 1.88. The Hall–Kier alpha value is -0.370. The van der Waals surface area contributed by atoms with Crippen molar-refractivity contribution in [2.75, 3.05) is 13.2 Å². The molecule has 0 aliphatic carbocycles. The molecular formula is C10H18O2. The molecule has 1 fully saturated rings. The molecule has 0 N–H and O–H groups in total. The van der Waals surface area contributed by atoms with Crippen LogP contribution in [0.15, 0.2) is 0 Å². The highest BCUT2D eigenvalue weighted by Gasteiger charge is 2.28. The van der Waals surface area contributed by atoms with Gasteiger partial charge in [-0.3, -0.25) is 4.79 Å². The van der Waals surface area contributed by atoms with Crippen molar-refractivity contribution in [1.29, 1.82) is 0 Å². The monoisotopic (exact) mass is 170 g/mol. The molecule has 1 saturated heterocycles. The molecule has 2 heteroatoms. The SMILES string of the molecule is CC(C)C(C)C(=O)C1CCOC1. The van der Waals surface area contributed by atoms with Crippen LogP contribution in [-0.4, -0.2) is 19.0 Å². The number of hydrogen-bond acceptors (Lipinski definition) is 2. The van der Waals surface area contributed by atoms with Gasteiger partial charge in [0.05, 0.1) is 6.61 Å². The van der Waals surface area contributed by atoms with Crippen LogP contribution in [0.3, 0.4) is 0 Å². The van der Waals surface area contributed by atoms with E-state index in [1.54, 1.807) is 0 Å². The molecule has 2 unspecified atom stereocenters. The van der Waals surface area contributed by atoms with Crippen molar-refractivity contribution in [1.82, 2.24) is 0 Å². The van der Waals surface area contributed by atoms with Gasteiger partial charge in [0.25, 0.3) is 0 Å². The summed E-state index contributed by atoms with van der Waals surface area (Å²) in [5, 5.41) is 0. The lowest BCUT2D eigenvalue weighted by molar-refractivity contribution is -0.127. The minimum atomic E-state index is 0.183. The summed E-state index contributed by atoms with van der Waals surface area (Å²) in [5.41, 5.74) is 0. The van der Waals surface area contributed by atoms with Crippen LogP contribution in [0.1, 0.15) is 27.2 Å². The normalized spacial score (nSPS) is 26.2. The summed E-state index contributed by atoms with van der Waals surface area (Å²) >= 11 is 0. The van der Waals surface area contributed by atoms with E-state index < -0.39 is 0 Å². The molecular weight excluding hydrogens is 152 g/mol. The number of hydrogen-bond donors (Lipinski definition) is 0. The third kappa shape index (κ3) is 2.07. The Morgan fingerprint density at radius 2 is 2.08 bits per heavy atom. The van der Waals surface area contributed by atoms with E-state index >= 15 is 0 Å². The first-order valence-electron chi connectivity index (χ1n) is 4.74. The number of Topliss-reactive ketones (excluding diaryl/α,β-unsaturated/α-hetero) is 1. The fraction of sp³-hybridized carbons (Fsp3) is 0.900. The van der Waals surface area contributed by atoms with E-state index in [0.717, 1.165) is 13.0 Å². The summed E-state index contributed by atoms with van der Waals surface area (Å²) in [5.74, 6) is 1.22. The third-order valence-corrected chi connectivity index (χ3v) is 2.78. The van der Waals surface area contributed by atoms with Crippen LogP contribution >= 0.6 is 0 Å². The summed E-state index contributed by atoms with van der Waals surface area (Å²) in [7, 11) is 0. The van der Waals surface area contributed by atoms with Crippen LogP contribution < -0.4 is 0 Å². The van der Waals surface area contributed by atoms with Crippen molar-refractivity contribution >= 4 is 5.78 Å². The lowest BCUT2D eigenvalue weighted by Crippen LogP contribution is -2.25. The van der Waals surface area contributed by atoms with Gasteiger partial charge in [0.15, 0.2) is 0 Å². The van der Waals surface area contributed by atoms with Crippen LogP contribution in [0, 0.1) is 17.8 Å². The summed E-state index contributed by atoms with van der Waals surface area (Å²) < 4.78 is 5.19. The summed E-state index contributed by atoms with van der Waals surface area (Å²) in [6.45, 7) is 7.62. The standard InChI is InChI=1S/C10H18O2/c1-7(2)8(3)10(11)9-4-5-12-6-9/h7-9H,4-6H2,1-3H3. The summed E-state index contributed by atoms with van der Waals surface area (Å²) in [6.07, 6.45) is 0.926. The van der Waals surface area contributed by atoms with Crippen molar-refractivity contribution in [3.05, 3.63) is 0 Å². The van der Waals surface area contributed by atoms with Gasteiger partial charge in [-0.15, -0.1) is 0 Å². The Labute approximate surface area is 74.3 Å². The molecule has 0 radical (unpaired) electrons. The molecule has 1 aliphatic rings. The van der Waals surface area contributed by atoms with E-state index in [2.05, 4.69) is 13.8 Å². The Morgan fingerprint density at radius 1 is 1.42 bits per heavy atom. The zero-order chi connectivity index (χ0) is 9.14. The minimum Gasteiger partial charge on any atom is -0.381 e. The number of carbonyl (C=O) groups excluding carboxylic acids is 1. The highest BCUT2D eigenvalue weighted by Crippen LogP contribution is 2.21. The predicted molar refractivity (Wildman–Crippen MR) is 47.9 cm³/mol. The van der Waals surface area contributed by atoms with Crippen molar-refractivity contribution in [2.24, 2.45) is 17.8 Å². The van der Waals surface area contributed by atoms with E-state index in [1.807, 2.05) is 6.92 Å². The van der Waals surface area contributed by atoms with Gasteiger partial charge in [-0.25, -0.2) is 0 Å². The second-order valence-corrected chi connectivity index (χ2v) is 4.00. The number of ether oxygens (including phenoxy) is 1. The zero-order valence-electron chi connectivity index (χ0n) is 8.17. The average molecular weight is 170 g/mol. The van der Waals surface area contributed by atoms with Gasteiger partial charge >= 0.3 is 0 Å². The van der Waals surface area contributed by atoms with Crippen LogP contribution in [-0.2, 0) is 9.53 Å². The van der Waals surface area contributed by atoms with Crippen molar-refractivity contribution < 1.29 is 9.53 Å². The lowest BCUT2D eigenvalue weighted by atomic mass is 9.86. The van der Waals surface area contributed by atoms with Gasteiger partial charge in [0.2, 0.25) is 0 Å². The van der Waals surface area contributed by atoms with E-state index in [4.69, 9.17) is 4.74 Å². The second-order valence-electron chi connectivity index (χ2n) is 4.00. The Kier molecular flexibility index (Phi) is 3.27. The quantitative estimate of drug-likeness (QED) is 0.646. The fourth-order valence-electron chi connectivity index (χ4n) is 1.46. The maximum absolute atomic E-state index is 11.7. The van der Waals surface area contributed by atoms with Crippen LogP contribution in [0.5, 0.6) is 0 Å². The van der Waals surface area contributed by atoms with Crippen LogP contribution in [0.2, 0.25) is 0 Å². The maximum atomic E-state index is 11.7. The summed E-state index contributed by atoms with van der Waals surface area (Å²) in [4.78, 5) is 11.7. The van der Waals surface area contributed by atoms with Gasteiger partial charge in [0, 0.05) is 18.4 Å². The Morgan fingerprint density at radius 3 is 2.50 bits per heavy atom. The lowest BCUT2D eigenvalue weighted by Gasteiger charge is -2.17. The highest BCUT2D eigenvalue weighted by molar-refractivity contribution is 5.83. The average Bonchev–Trinajstić information content (AvgIpc) is 2.53. The minimum absolute atomic E-state index is 0.183. The first-order chi connectivity index (χ1) is 5.63. The van der Waals surface area contributed by atoms with Crippen molar-refractivity contribution in [3.8, 4) is 0 Å². The maximum Gasteiger partial charge on any atom is 0.141 e. The first kappa shape index (κ1) is 9.72. The van der Waals surface area contributed by atoms with Gasteiger partial charge < -0.3 is 4.74 Å². The Balaban J connectivity index is 2.45. The molecule has 0 aromatic carbocycles. The molecule has 0 amide bonds.